The fourth-order valence-electron chi connectivity index (χ4n) is 2.89. The summed E-state index contributed by atoms with van der Waals surface area (Å²) < 4.78 is 0. The molecule has 0 bridgehead atoms. The fourth-order valence-corrected chi connectivity index (χ4v) is 2.89. The zero-order valence-corrected chi connectivity index (χ0v) is 13.0. The lowest BCUT2D eigenvalue weighted by atomic mass is 9.99. The number of carboxylic acid groups (broad SMARTS) is 1. The zero-order chi connectivity index (χ0) is 16.4. The molecule has 0 unspecified atom stereocenters. The van der Waals surface area contributed by atoms with Crippen LogP contribution < -0.4 is 0 Å². The molecule has 118 valence electrons. The van der Waals surface area contributed by atoms with Gasteiger partial charge in [0.15, 0.2) is 0 Å². The Kier molecular flexibility index (Phi) is 3.90. The molecule has 4 heteroatoms. The summed E-state index contributed by atoms with van der Waals surface area (Å²) in [6.45, 7) is 0.402. The van der Waals surface area contributed by atoms with Crippen LogP contribution in [0.3, 0.4) is 0 Å². The van der Waals surface area contributed by atoms with Gasteiger partial charge in [-0.3, -0.25) is 9.59 Å². The van der Waals surface area contributed by atoms with E-state index in [-0.39, 0.29) is 5.91 Å². The molecule has 0 spiro atoms. The van der Waals surface area contributed by atoms with Gasteiger partial charge in [0.1, 0.15) is 5.41 Å². The highest BCUT2D eigenvalue weighted by molar-refractivity contribution is 6.04. The van der Waals surface area contributed by atoms with Crippen LogP contribution in [-0.2, 0) is 16.1 Å². The van der Waals surface area contributed by atoms with Crippen LogP contribution in [0.1, 0.15) is 18.4 Å². The van der Waals surface area contributed by atoms with Gasteiger partial charge in [-0.25, -0.2) is 0 Å². The van der Waals surface area contributed by atoms with Gasteiger partial charge in [0.05, 0.1) is 0 Å². The first-order valence-electron chi connectivity index (χ1n) is 7.67. The minimum Gasteiger partial charge on any atom is -0.480 e. The lowest BCUT2D eigenvalue weighted by Gasteiger charge is -2.22. The predicted molar refractivity (Wildman–Crippen MR) is 87.7 cm³/mol. The van der Waals surface area contributed by atoms with Crippen LogP contribution in [0.15, 0.2) is 54.6 Å². The van der Waals surface area contributed by atoms with Gasteiger partial charge in [0.25, 0.3) is 0 Å². The number of carbonyl (C=O) groups is 2. The van der Waals surface area contributed by atoms with Crippen LogP contribution in [0.5, 0.6) is 0 Å². The van der Waals surface area contributed by atoms with Crippen molar-refractivity contribution in [1.29, 1.82) is 0 Å². The zero-order valence-electron chi connectivity index (χ0n) is 13.0. The number of hydrogen-bond acceptors (Lipinski definition) is 2. The van der Waals surface area contributed by atoms with Crippen LogP contribution in [0.4, 0.5) is 0 Å². The van der Waals surface area contributed by atoms with Gasteiger partial charge in [-0.05, 0) is 29.5 Å². The van der Waals surface area contributed by atoms with E-state index < -0.39 is 11.4 Å². The third kappa shape index (κ3) is 2.84. The molecule has 2 aromatic rings. The average molecular weight is 309 g/mol. The number of aliphatic carboxylic acids is 1. The maximum Gasteiger partial charge on any atom is 0.319 e. The van der Waals surface area contributed by atoms with Crippen LogP contribution >= 0.6 is 0 Å². The topological polar surface area (TPSA) is 57.6 Å². The third-order valence-electron chi connectivity index (χ3n) is 4.43. The smallest absolute Gasteiger partial charge is 0.319 e. The van der Waals surface area contributed by atoms with Gasteiger partial charge >= 0.3 is 5.97 Å². The molecular formula is C19H19NO3. The van der Waals surface area contributed by atoms with Crippen molar-refractivity contribution in [3.63, 3.8) is 0 Å². The Balaban J connectivity index is 1.84. The van der Waals surface area contributed by atoms with E-state index in [1.165, 1.54) is 4.90 Å². The van der Waals surface area contributed by atoms with E-state index in [4.69, 9.17) is 0 Å². The number of amides is 1. The van der Waals surface area contributed by atoms with E-state index in [0.29, 0.717) is 19.4 Å². The first kappa shape index (κ1) is 15.3. The number of rotatable bonds is 5. The molecule has 0 aromatic heterocycles. The van der Waals surface area contributed by atoms with Crippen LogP contribution in [0.2, 0.25) is 0 Å². The van der Waals surface area contributed by atoms with Crippen LogP contribution in [0.25, 0.3) is 11.1 Å². The lowest BCUT2D eigenvalue weighted by molar-refractivity contribution is -0.153. The minimum absolute atomic E-state index is 0.298. The van der Waals surface area contributed by atoms with Crippen molar-refractivity contribution in [3.05, 3.63) is 60.2 Å². The van der Waals surface area contributed by atoms with Gasteiger partial charge in [-0.2, -0.15) is 0 Å². The molecule has 1 aliphatic carbocycles. The van der Waals surface area contributed by atoms with Crippen LogP contribution in [-0.4, -0.2) is 28.9 Å². The molecule has 3 rings (SSSR count). The first-order valence-corrected chi connectivity index (χ1v) is 7.67. The Hall–Kier alpha value is -2.62. The molecule has 1 saturated carbocycles. The maximum atomic E-state index is 12.5. The highest BCUT2D eigenvalue weighted by Gasteiger charge is 2.58. The minimum atomic E-state index is -1.18. The number of carboxylic acids is 1. The largest absolute Gasteiger partial charge is 0.480 e. The van der Waals surface area contributed by atoms with Crippen molar-refractivity contribution < 1.29 is 14.7 Å². The van der Waals surface area contributed by atoms with Gasteiger partial charge in [-0.15, -0.1) is 0 Å². The average Bonchev–Trinajstić information content (AvgIpc) is 3.37. The number of nitrogens with zero attached hydrogens (tertiary/aromatic N) is 1. The Bertz CT molecular complexity index is 735. The van der Waals surface area contributed by atoms with E-state index in [1.54, 1.807) is 7.05 Å². The molecule has 1 amide bonds. The molecule has 0 saturated heterocycles. The van der Waals surface area contributed by atoms with E-state index in [9.17, 15) is 14.7 Å². The van der Waals surface area contributed by atoms with Crippen LogP contribution in [0, 0.1) is 5.41 Å². The fraction of sp³-hybridized carbons (Fsp3) is 0.263. The molecule has 23 heavy (non-hydrogen) atoms. The van der Waals surface area contributed by atoms with E-state index >= 15 is 0 Å². The summed E-state index contributed by atoms with van der Waals surface area (Å²) in [7, 11) is 1.67. The summed E-state index contributed by atoms with van der Waals surface area (Å²) in [5.41, 5.74) is 1.98. The Labute approximate surface area is 135 Å². The molecule has 1 aliphatic rings. The van der Waals surface area contributed by atoms with Crippen molar-refractivity contribution in [2.24, 2.45) is 5.41 Å². The third-order valence-corrected chi connectivity index (χ3v) is 4.43. The second kappa shape index (κ2) is 5.88. The lowest BCUT2D eigenvalue weighted by Crippen LogP contribution is -2.38. The second-order valence-corrected chi connectivity index (χ2v) is 6.07. The van der Waals surface area contributed by atoms with Gasteiger partial charge in [0.2, 0.25) is 5.91 Å². The Morgan fingerprint density at radius 2 is 1.65 bits per heavy atom. The van der Waals surface area contributed by atoms with Gasteiger partial charge in [-0.1, -0.05) is 54.6 Å². The maximum absolute atomic E-state index is 12.5. The summed E-state index contributed by atoms with van der Waals surface area (Å²) in [5.74, 6) is -1.31. The van der Waals surface area contributed by atoms with Crippen molar-refractivity contribution in [2.45, 2.75) is 19.4 Å². The van der Waals surface area contributed by atoms with E-state index in [0.717, 1.165) is 16.7 Å². The van der Waals surface area contributed by atoms with Gasteiger partial charge in [0, 0.05) is 13.6 Å². The highest BCUT2D eigenvalue weighted by Crippen LogP contribution is 2.47. The summed E-state index contributed by atoms with van der Waals surface area (Å²) >= 11 is 0. The molecule has 4 nitrogen and oxygen atoms in total. The standard InChI is InChI=1S/C19H19NO3/c1-20(17(21)19(11-12-19)18(22)23)13-15-9-5-6-10-16(15)14-7-3-2-4-8-14/h2-10H,11-13H2,1H3,(H,22,23). The quantitative estimate of drug-likeness (QED) is 0.863. The number of carbonyl (C=O) groups excluding carboxylic acids is 1. The van der Waals surface area contributed by atoms with Crippen molar-refractivity contribution >= 4 is 11.9 Å². The number of benzene rings is 2. The second-order valence-electron chi connectivity index (χ2n) is 6.07. The molecule has 1 N–H and O–H groups in total. The van der Waals surface area contributed by atoms with Gasteiger partial charge < -0.3 is 10.0 Å². The summed E-state index contributed by atoms with van der Waals surface area (Å²) in [5, 5.41) is 9.27. The summed E-state index contributed by atoms with van der Waals surface area (Å²) in [4.78, 5) is 25.3. The molecule has 1 fully saturated rings. The van der Waals surface area contributed by atoms with E-state index in [2.05, 4.69) is 0 Å². The van der Waals surface area contributed by atoms with Crippen molar-refractivity contribution in [3.8, 4) is 11.1 Å². The SMILES string of the molecule is CN(Cc1ccccc1-c1ccccc1)C(=O)C1(C(=O)O)CC1. The molecule has 0 radical (unpaired) electrons. The Morgan fingerprint density at radius 3 is 2.26 bits per heavy atom. The first-order chi connectivity index (χ1) is 11.0. The molecule has 0 heterocycles. The highest BCUT2D eigenvalue weighted by atomic mass is 16.4. The van der Waals surface area contributed by atoms with Crippen molar-refractivity contribution in [1.82, 2.24) is 4.90 Å². The molecule has 0 aliphatic heterocycles. The van der Waals surface area contributed by atoms with Crippen molar-refractivity contribution in [2.75, 3.05) is 7.05 Å². The van der Waals surface area contributed by atoms with E-state index in [1.807, 2.05) is 54.6 Å². The predicted octanol–water partition coefficient (Wildman–Crippen LogP) is 3.18. The monoisotopic (exact) mass is 309 g/mol. The molecule has 0 atom stereocenters. The Morgan fingerprint density at radius 1 is 1.04 bits per heavy atom. The summed E-state index contributed by atoms with van der Waals surface area (Å²) in [6.07, 6.45) is 0.873. The molecule has 2 aromatic carbocycles. The number of hydrogen-bond donors (Lipinski definition) is 1. The normalized spacial score (nSPS) is 15.0. The molecular weight excluding hydrogens is 290 g/mol. The summed E-state index contributed by atoms with van der Waals surface area (Å²) in [6, 6.07) is 17.9.